The molecule has 1 aromatic heterocycles. The summed E-state index contributed by atoms with van der Waals surface area (Å²) in [7, 11) is 0. The van der Waals surface area contributed by atoms with Crippen molar-refractivity contribution < 1.29 is 14.3 Å². The van der Waals surface area contributed by atoms with Gasteiger partial charge in [-0.1, -0.05) is 41.6 Å². The third-order valence-corrected chi connectivity index (χ3v) is 5.59. The van der Waals surface area contributed by atoms with Crippen LogP contribution in [0.15, 0.2) is 47.5 Å². The van der Waals surface area contributed by atoms with E-state index >= 15 is 0 Å². The van der Waals surface area contributed by atoms with Gasteiger partial charge in [-0.2, -0.15) is 0 Å². The van der Waals surface area contributed by atoms with Gasteiger partial charge in [0.15, 0.2) is 11.5 Å². The Morgan fingerprint density at radius 2 is 1.93 bits per heavy atom. The third-order valence-electron chi connectivity index (χ3n) is 4.36. The van der Waals surface area contributed by atoms with E-state index in [-0.39, 0.29) is 11.7 Å². The summed E-state index contributed by atoms with van der Waals surface area (Å²) in [5.74, 6) is 1.27. The van der Waals surface area contributed by atoms with Crippen LogP contribution in [-0.4, -0.2) is 29.9 Å². The molecule has 1 N–H and O–H groups in total. The van der Waals surface area contributed by atoms with Crippen LogP contribution < -0.4 is 14.8 Å². The maximum atomic E-state index is 12.4. The lowest BCUT2D eigenvalue weighted by molar-refractivity contribution is -0.113. The van der Waals surface area contributed by atoms with Gasteiger partial charge in [0, 0.05) is 23.9 Å². The molecule has 0 fully saturated rings. The minimum atomic E-state index is -0.158. The van der Waals surface area contributed by atoms with E-state index in [1.165, 1.54) is 11.8 Å². The second-order valence-corrected chi connectivity index (χ2v) is 7.86. The molecule has 0 spiro atoms. The molecule has 4 rings (SSSR count). The lowest BCUT2D eigenvalue weighted by atomic mass is 10.1. The molecule has 0 unspecified atom stereocenters. The van der Waals surface area contributed by atoms with E-state index in [2.05, 4.69) is 10.3 Å². The van der Waals surface area contributed by atoms with Crippen molar-refractivity contribution in [2.45, 2.75) is 18.4 Å². The first-order valence-electron chi connectivity index (χ1n) is 8.98. The molecule has 0 atom stereocenters. The van der Waals surface area contributed by atoms with Gasteiger partial charge in [0.1, 0.15) is 0 Å². The highest BCUT2D eigenvalue weighted by atomic mass is 35.5. The number of hydrogen-bond donors (Lipinski definition) is 1. The van der Waals surface area contributed by atoms with Gasteiger partial charge in [0.2, 0.25) is 5.91 Å². The second kappa shape index (κ2) is 8.29. The number of para-hydroxylation sites is 1. The number of carbonyl (C=O) groups is 1. The van der Waals surface area contributed by atoms with E-state index in [0.717, 1.165) is 27.9 Å². The number of nitrogens with one attached hydrogen (secondary N) is 1. The summed E-state index contributed by atoms with van der Waals surface area (Å²) in [5, 5.41) is 5.20. The molecule has 0 saturated carbocycles. The molecule has 0 radical (unpaired) electrons. The molecular weight excluding hydrogens is 396 g/mol. The monoisotopic (exact) mass is 414 g/mol. The highest BCUT2D eigenvalue weighted by molar-refractivity contribution is 7.99. The Morgan fingerprint density at radius 1 is 1.18 bits per heavy atom. The van der Waals surface area contributed by atoms with Gasteiger partial charge in [-0.3, -0.25) is 4.79 Å². The summed E-state index contributed by atoms with van der Waals surface area (Å²) in [5.41, 5.74) is 2.58. The molecule has 28 heavy (non-hydrogen) atoms. The molecule has 3 aromatic rings. The van der Waals surface area contributed by atoms with E-state index < -0.39 is 0 Å². The van der Waals surface area contributed by atoms with Crippen LogP contribution in [0.2, 0.25) is 5.02 Å². The number of thioether (sulfide) groups is 1. The first kappa shape index (κ1) is 18.9. The first-order valence-corrected chi connectivity index (χ1v) is 10.3. The van der Waals surface area contributed by atoms with Crippen LogP contribution in [0.25, 0.3) is 10.9 Å². The zero-order chi connectivity index (χ0) is 19.5. The number of benzene rings is 2. The number of carbonyl (C=O) groups excluding carboxylic acids is 1. The Labute approximate surface area is 172 Å². The second-order valence-electron chi connectivity index (χ2n) is 6.46. The van der Waals surface area contributed by atoms with E-state index in [0.29, 0.717) is 35.4 Å². The highest BCUT2D eigenvalue weighted by Crippen LogP contribution is 2.37. The molecule has 0 saturated heterocycles. The summed E-state index contributed by atoms with van der Waals surface area (Å²) >= 11 is 7.69. The Hall–Kier alpha value is -2.44. The Kier molecular flexibility index (Phi) is 5.59. The summed E-state index contributed by atoms with van der Waals surface area (Å²) in [6.07, 6.45) is 0.808. The predicted octanol–water partition coefficient (Wildman–Crippen LogP) is 5.09. The molecule has 7 heteroatoms. The molecule has 5 nitrogen and oxygen atoms in total. The van der Waals surface area contributed by atoms with Gasteiger partial charge < -0.3 is 14.8 Å². The number of aryl methyl sites for hydroxylation is 1. The van der Waals surface area contributed by atoms with Gasteiger partial charge >= 0.3 is 0 Å². The van der Waals surface area contributed by atoms with Crippen molar-refractivity contribution in [1.82, 2.24) is 4.98 Å². The largest absolute Gasteiger partial charge is 0.490 e. The molecule has 1 amide bonds. The molecular formula is C21H19ClN2O3S. The highest BCUT2D eigenvalue weighted by Gasteiger charge is 2.16. The number of pyridine rings is 1. The predicted molar refractivity (Wildman–Crippen MR) is 113 cm³/mol. The van der Waals surface area contributed by atoms with Crippen molar-refractivity contribution in [2.24, 2.45) is 0 Å². The van der Waals surface area contributed by atoms with Gasteiger partial charge in [-0.05, 0) is 24.6 Å². The van der Waals surface area contributed by atoms with Crippen LogP contribution in [-0.2, 0) is 4.79 Å². The Balaban J connectivity index is 1.44. The summed E-state index contributed by atoms with van der Waals surface area (Å²) in [6, 6.07) is 13.4. The van der Waals surface area contributed by atoms with Crippen molar-refractivity contribution >= 4 is 45.9 Å². The van der Waals surface area contributed by atoms with Gasteiger partial charge in [-0.25, -0.2) is 4.98 Å². The van der Waals surface area contributed by atoms with Crippen LogP contribution in [0.3, 0.4) is 0 Å². The number of amides is 1. The smallest absolute Gasteiger partial charge is 0.234 e. The summed E-state index contributed by atoms with van der Waals surface area (Å²) in [6.45, 7) is 3.21. The maximum absolute atomic E-state index is 12.4. The molecule has 1 aliphatic heterocycles. The first-order chi connectivity index (χ1) is 13.6. The fraction of sp³-hybridized carbons (Fsp3) is 0.238. The standard InChI is InChI=1S/C21H19ClN2O3S/c1-13-9-21(24-16-6-3-2-5-14(13)16)28-12-20(25)23-17-11-19-18(10-15(17)22)26-7-4-8-27-19/h2-3,5-6,9-11H,4,7-8,12H2,1H3,(H,23,25). The molecule has 0 aliphatic carbocycles. The summed E-state index contributed by atoms with van der Waals surface area (Å²) < 4.78 is 11.3. The van der Waals surface area contributed by atoms with Gasteiger partial charge in [0.25, 0.3) is 0 Å². The fourth-order valence-corrected chi connectivity index (χ4v) is 3.97. The quantitative estimate of drug-likeness (QED) is 0.602. The average Bonchev–Trinajstić information content (AvgIpc) is 2.92. The number of anilines is 1. The van der Waals surface area contributed by atoms with Crippen molar-refractivity contribution in [2.75, 3.05) is 24.3 Å². The molecule has 2 aromatic carbocycles. The molecule has 2 heterocycles. The molecule has 1 aliphatic rings. The number of nitrogens with zero attached hydrogens (tertiary/aromatic N) is 1. The number of halogens is 1. The van der Waals surface area contributed by atoms with E-state index in [9.17, 15) is 4.79 Å². The number of rotatable bonds is 4. The van der Waals surface area contributed by atoms with Gasteiger partial charge in [0.05, 0.1) is 40.2 Å². The van der Waals surface area contributed by atoms with E-state index in [1.807, 2.05) is 37.3 Å². The number of fused-ring (bicyclic) bond motifs is 2. The zero-order valence-electron chi connectivity index (χ0n) is 15.3. The van der Waals surface area contributed by atoms with Crippen LogP contribution >= 0.6 is 23.4 Å². The normalized spacial score (nSPS) is 13.2. The van der Waals surface area contributed by atoms with E-state index in [4.69, 9.17) is 21.1 Å². The summed E-state index contributed by atoms with van der Waals surface area (Å²) in [4.78, 5) is 17.1. The maximum Gasteiger partial charge on any atom is 0.234 e. The van der Waals surface area contributed by atoms with Crippen molar-refractivity contribution in [3.63, 3.8) is 0 Å². The van der Waals surface area contributed by atoms with Crippen LogP contribution in [0.1, 0.15) is 12.0 Å². The fourth-order valence-electron chi connectivity index (χ4n) is 3.00. The lowest BCUT2D eigenvalue weighted by Gasteiger charge is -2.12. The van der Waals surface area contributed by atoms with Crippen molar-refractivity contribution in [1.29, 1.82) is 0 Å². The number of aromatic nitrogens is 1. The minimum Gasteiger partial charge on any atom is -0.490 e. The van der Waals surface area contributed by atoms with Gasteiger partial charge in [-0.15, -0.1) is 0 Å². The zero-order valence-corrected chi connectivity index (χ0v) is 16.9. The minimum absolute atomic E-state index is 0.158. The van der Waals surface area contributed by atoms with Crippen molar-refractivity contribution in [3.8, 4) is 11.5 Å². The van der Waals surface area contributed by atoms with Crippen molar-refractivity contribution in [3.05, 3.63) is 53.1 Å². The lowest BCUT2D eigenvalue weighted by Crippen LogP contribution is -2.14. The topological polar surface area (TPSA) is 60.5 Å². The Bertz CT molecular complexity index is 1040. The van der Waals surface area contributed by atoms with Crippen LogP contribution in [0, 0.1) is 6.92 Å². The molecule has 144 valence electrons. The van der Waals surface area contributed by atoms with Crippen LogP contribution in [0.4, 0.5) is 5.69 Å². The van der Waals surface area contributed by atoms with Crippen LogP contribution in [0.5, 0.6) is 11.5 Å². The Morgan fingerprint density at radius 3 is 2.75 bits per heavy atom. The average molecular weight is 415 g/mol. The number of ether oxygens (including phenoxy) is 2. The third kappa shape index (κ3) is 4.18. The molecule has 0 bridgehead atoms. The number of hydrogen-bond acceptors (Lipinski definition) is 5. The van der Waals surface area contributed by atoms with E-state index in [1.54, 1.807) is 12.1 Å². The SMILES string of the molecule is Cc1cc(SCC(=O)Nc2cc3c(cc2Cl)OCCCO3)nc2ccccc12.